The largest absolute Gasteiger partial charge is 0.350 e. The number of hydrogen-bond donors (Lipinski definition) is 0. The van der Waals surface area contributed by atoms with Crippen LogP contribution in [0.15, 0.2) is 34.9 Å². The van der Waals surface area contributed by atoms with E-state index in [4.69, 9.17) is 4.52 Å². The Bertz CT molecular complexity index is 912. The zero-order valence-electron chi connectivity index (χ0n) is 16.2. The topological polar surface area (TPSA) is 66.7 Å². The first-order chi connectivity index (χ1) is 13.4. The van der Waals surface area contributed by atoms with Crippen molar-refractivity contribution in [1.82, 2.24) is 15.0 Å². The van der Waals surface area contributed by atoms with E-state index in [1.807, 2.05) is 9.80 Å². The van der Waals surface area contributed by atoms with E-state index in [9.17, 15) is 14.0 Å². The molecular formula is C21H24FN3O3. The number of likely N-dealkylation sites (tertiary alicyclic amines) is 2. The lowest BCUT2D eigenvalue weighted by Crippen LogP contribution is -2.67. The van der Waals surface area contributed by atoms with Crippen LogP contribution in [0.25, 0.3) is 11.3 Å². The van der Waals surface area contributed by atoms with E-state index in [2.05, 4.69) is 12.1 Å². The molecule has 0 radical (unpaired) electrons. The van der Waals surface area contributed by atoms with Gasteiger partial charge in [-0.05, 0) is 44.7 Å². The zero-order chi connectivity index (χ0) is 19.9. The van der Waals surface area contributed by atoms with Gasteiger partial charge in [0.25, 0.3) is 5.91 Å². The molecule has 2 aliphatic rings. The summed E-state index contributed by atoms with van der Waals surface area (Å²) in [5.74, 6) is -0.522. The second-order valence-corrected chi connectivity index (χ2v) is 7.84. The van der Waals surface area contributed by atoms with Crippen LogP contribution < -0.4 is 0 Å². The first-order valence-electron chi connectivity index (χ1n) is 9.72. The highest BCUT2D eigenvalue weighted by atomic mass is 19.1. The average Bonchev–Trinajstić information content (AvgIpc) is 3.16. The van der Waals surface area contributed by atoms with Gasteiger partial charge in [0.2, 0.25) is 11.7 Å². The molecule has 4 rings (SSSR count). The van der Waals surface area contributed by atoms with Crippen LogP contribution in [0.5, 0.6) is 0 Å². The summed E-state index contributed by atoms with van der Waals surface area (Å²) in [5.41, 5.74) is 0.233. The lowest BCUT2D eigenvalue weighted by molar-refractivity contribution is -0.143. The Hall–Kier alpha value is -2.70. The van der Waals surface area contributed by atoms with Gasteiger partial charge in [-0.25, -0.2) is 4.39 Å². The number of carbonyl (C=O) groups is 2. The monoisotopic (exact) mass is 385 g/mol. The number of nitrogens with zero attached hydrogens (tertiary/aromatic N) is 3. The van der Waals surface area contributed by atoms with E-state index in [-0.39, 0.29) is 29.2 Å². The van der Waals surface area contributed by atoms with Crippen molar-refractivity contribution in [3.63, 3.8) is 0 Å². The maximum atomic E-state index is 14.0. The Morgan fingerprint density at radius 3 is 2.79 bits per heavy atom. The van der Waals surface area contributed by atoms with Gasteiger partial charge in [-0.15, -0.1) is 0 Å². The Labute approximate surface area is 163 Å². The number of piperidine rings is 2. The van der Waals surface area contributed by atoms with Crippen molar-refractivity contribution in [2.75, 3.05) is 13.1 Å². The van der Waals surface area contributed by atoms with Crippen LogP contribution in [0.2, 0.25) is 0 Å². The van der Waals surface area contributed by atoms with Gasteiger partial charge in [0.15, 0.2) is 0 Å². The van der Waals surface area contributed by atoms with Gasteiger partial charge in [0.1, 0.15) is 11.5 Å². The number of rotatable bonds is 2. The number of carbonyl (C=O) groups excluding carboxylic acids is 2. The van der Waals surface area contributed by atoms with Crippen molar-refractivity contribution < 1.29 is 18.5 Å². The normalized spacial score (nSPS) is 24.8. The fourth-order valence-electron chi connectivity index (χ4n) is 4.82. The molecule has 148 valence electrons. The molecule has 0 unspecified atom stereocenters. The number of benzene rings is 1. The zero-order valence-corrected chi connectivity index (χ0v) is 16.2. The molecule has 0 spiro atoms. The molecule has 2 aromatic rings. The number of amides is 2. The van der Waals surface area contributed by atoms with Crippen molar-refractivity contribution in [2.24, 2.45) is 0 Å². The Kier molecular flexibility index (Phi) is 4.69. The van der Waals surface area contributed by atoms with Gasteiger partial charge >= 0.3 is 0 Å². The van der Waals surface area contributed by atoms with Gasteiger partial charge in [-0.3, -0.25) is 9.59 Å². The van der Waals surface area contributed by atoms with Crippen molar-refractivity contribution >= 4 is 11.8 Å². The van der Waals surface area contributed by atoms with Crippen LogP contribution in [0.4, 0.5) is 4.39 Å². The summed E-state index contributed by atoms with van der Waals surface area (Å²) in [6, 6.07) is 7.70. The van der Waals surface area contributed by atoms with Crippen LogP contribution in [-0.4, -0.2) is 51.4 Å². The van der Waals surface area contributed by atoms with E-state index < -0.39 is 5.82 Å². The summed E-state index contributed by atoms with van der Waals surface area (Å²) in [6.45, 7) is 5.00. The van der Waals surface area contributed by atoms with Gasteiger partial charge < -0.3 is 14.3 Å². The van der Waals surface area contributed by atoms with Crippen molar-refractivity contribution in [2.45, 2.75) is 51.1 Å². The maximum absolute atomic E-state index is 14.0. The number of fused-ring (bicyclic) bond motifs is 1. The molecule has 0 N–H and O–H groups in total. The highest BCUT2D eigenvalue weighted by Crippen LogP contribution is 2.40. The Balaban J connectivity index is 1.62. The summed E-state index contributed by atoms with van der Waals surface area (Å²) in [4.78, 5) is 29.1. The fraction of sp³-hybridized carbons (Fsp3) is 0.476. The molecule has 0 saturated carbocycles. The third-order valence-electron chi connectivity index (χ3n) is 6.16. The number of halogens is 1. The SMILES string of the molecule is CC(=O)N1CCC[C@@H]2N(C(=O)c3cc(-c4ccccc4F)no3)CCC[C@@]21C. The minimum atomic E-state index is -0.412. The second-order valence-electron chi connectivity index (χ2n) is 7.84. The van der Waals surface area contributed by atoms with E-state index in [1.54, 1.807) is 25.1 Å². The molecule has 3 heterocycles. The maximum Gasteiger partial charge on any atom is 0.292 e. The summed E-state index contributed by atoms with van der Waals surface area (Å²) < 4.78 is 19.3. The van der Waals surface area contributed by atoms with Crippen molar-refractivity contribution in [3.05, 3.63) is 41.9 Å². The molecule has 2 atom stereocenters. The van der Waals surface area contributed by atoms with Crippen LogP contribution >= 0.6 is 0 Å². The van der Waals surface area contributed by atoms with E-state index in [0.29, 0.717) is 17.8 Å². The quantitative estimate of drug-likeness (QED) is 0.794. The Morgan fingerprint density at radius 1 is 1.25 bits per heavy atom. The highest BCUT2D eigenvalue weighted by Gasteiger charge is 2.50. The first kappa shape index (κ1) is 18.7. The highest BCUT2D eigenvalue weighted by molar-refractivity contribution is 5.93. The number of hydrogen-bond acceptors (Lipinski definition) is 4. The lowest BCUT2D eigenvalue weighted by Gasteiger charge is -2.56. The number of aromatic nitrogens is 1. The molecule has 2 fully saturated rings. The fourth-order valence-corrected chi connectivity index (χ4v) is 4.82. The standard InChI is InChI=1S/C21H24FN3O3/c1-14(26)25-12-5-9-19-21(25,2)10-6-11-24(19)20(27)18-13-17(23-28-18)15-7-3-4-8-16(15)22/h3-4,7-8,13,19H,5-6,9-12H2,1-2H3/t19-,21-/m0/s1. The molecule has 28 heavy (non-hydrogen) atoms. The lowest BCUT2D eigenvalue weighted by atomic mass is 9.76. The summed E-state index contributed by atoms with van der Waals surface area (Å²) >= 11 is 0. The smallest absolute Gasteiger partial charge is 0.292 e. The molecule has 2 amide bonds. The minimum absolute atomic E-state index is 0.0444. The van der Waals surface area contributed by atoms with E-state index >= 15 is 0 Å². The third-order valence-corrected chi connectivity index (χ3v) is 6.16. The third kappa shape index (κ3) is 2.99. The average molecular weight is 385 g/mol. The minimum Gasteiger partial charge on any atom is -0.350 e. The molecule has 6 nitrogen and oxygen atoms in total. The van der Waals surface area contributed by atoms with Crippen LogP contribution in [0.1, 0.15) is 50.1 Å². The van der Waals surface area contributed by atoms with Gasteiger partial charge in [-0.2, -0.15) is 0 Å². The van der Waals surface area contributed by atoms with E-state index in [0.717, 1.165) is 32.2 Å². The molecule has 1 aromatic heterocycles. The van der Waals surface area contributed by atoms with Gasteiger partial charge in [0.05, 0.1) is 11.6 Å². The molecule has 2 aliphatic heterocycles. The van der Waals surface area contributed by atoms with Crippen molar-refractivity contribution in [1.29, 1.82) is 0 Å². The van der Waals surface area contributed by atoms with Crippen LogP contribution in [0.3, 0.4) is 0 Å². The van der Waals surface area contributed by atoms with Gasteiger partial charge in [0, 0.05) is 31.6 Å². The molecule has 0 bridgehead atoms. The van der Waals surface area contributed by atoms with Crippen molar-refractivity contribution in [3.8, 4) is 11.3 Å². The molecular weight excluding hydrogens is 361 g/mol. The molecule has 7 heteroatoms. The molecule has 2 saturated heterocycles. The summed E-state index contributed by atoms with van der Waals surface area (Å²) in [6.07, 6.45) is 3.40. The van der Waals surface area contributed by atoms with Crippen LogP contribution in [0, 0.1) is 5.82 Å². The summed E-state index contributed by atoms with van der Waals surface area (Å²) in [7, 11) is 0. The van der Waals surface area contributed by atoms with Gasteiger partial charge in [-0.1, -0.05) is 17.3 Å². The Morgan fingerprint density at radius 2 is 2.04 bits per heavy atom. The predicted octanol–water partition coefficient (Wildman–Crippen LogP) is 3.49. The predicted molar refractivity (Wildman–Crippen MR) is 101 cm³/mol. The van der Waals surface area contributed by atoms with Crippen LogP contribution in [-0.2, 0) is 4.79 Å². The molecule has 0 aliphatic carbocycles. The molecule has 1 aromatic carbocycles. The first-order valence-corrected chi connectivity index (χ1v) is 9.72. The second kappa shape index (κ2) is 7.04. The summed E-state index contributed by atoms with van der Waals surface area (Å²) in [5, 5.41) is 3.90. The van der Waals surface area contributed by atoms with E-state index in [1.165, 1.54) is 12.1 Å².